The van der Waals surface area contributed by atoms with Crippen molar-refractivity contribution in [1.82, 2.24) is 4.90 Å². The molecule has 26 heavy (non-hydrogen) atoms. The van der Waals surface area contributed by atoms with E-state index in [1.165, 1.54) is 13.2 Å². The lowest BCUT2D eigenvalue weighted by Crippen LogP contribution is -2.29. The predicted molar refractivity (Wildman–Crippen MR) is 95.8 cm³/mol. The number of hydrogen-bond donors (Lipinski definition) is 2. The lowest BCUT2D eigenvalue weighted by atomic mass is 9.97. The quantitative estimate of drug-likeness (QED) is 0.861. The average molecular weight is 355 g/mol. The van der Waals surface area contributed by atoms with Crippen molar-refractivity contribution in [2.45, 2.75) is 12.8 Å². The van der Waals surface area contributed by atoms with Gasteiger partial charge in [0.25, 0.3) is 5.91 Å². The maximum atomic E-state index is 12.7. The Morgan fingerprint density at radius 3 is 2.73 bits per heavy atom. The fourth-order valence-electron chi connectivity index (χ4n) is 3.34. The fraction of sp³-hybridized carbons (Fsp3) is 0.300. The molecule has 0 aliphatic carbocycles. The molecule has 6 nitrogen and oxygen atoms in total. The third-order valence-corrected chi connectivity index (χ3v) is 4.71. The number of amides is 1. The molecule has 0 spiro atoms. The van der Waals surface area contributed by atoms with Crippen LogP contribution in [-0.2, 0) is 6.42 Å². The number of ether oxygens (including phenoxy) is 1. The zero-order valence-electron chi connectivity index (χ0n) is 14.5. The Hall–Kier alpha value is -3.02. The van der Waals surface area contributed by atoms with Crippen LogP contribution in [-0.4, -0.2) is 47.2 Å². The van der Waals surface area contributed by atoms with Crippen molar-refractivity contribution in [3.05, 3.63) is 59.2 Å². The van der Waals surface area contributed by atoms with Gasteiger partial charge < -0.3 is 19.8 Å². The number of phenols is 1. The molecule has 0 radical (unpaired) electrons. The fourth-order valence-corrected chi connectivity index (χ4v) is 3.34. The summed E-state index contributed by atoms with van der Waals surface area (Å²) in [6, 6.07) is 11.6. The third-order valence-electron chi connectivity index (χ3n) is 4.71. The van der Waals surface area contributed by atoms with E-state index in [1.807, 2.05) is 6.07 Å². The first-order valence-electron chi connectivity index (χ1n) is 8.46. The van der Waals surface area contributed by atoms with Crippen LogP contribution in [0, 0.1) is 5.92 Å². The summed E-state index contributed by atoms with van der Waals surface area (Å²) in [6.45, 7) is 1.20. The number of carbonyl (C=O) groups is 2. The Kier molecular flexibility index (Phi) is 5.11. The molecule has 0 aromatic heterocycles. The molecule has 1 amide bonds. The van der Waals surface area contributed by atoms with Gasteiger partial charge in [-0.1, -0.05) is 12.1 Å². The van der Waals surface area contributed by atoms with E-state index in [9.17, 15) is 14.7 Å². The molecule has 2 N–H and O–H groups in total. The molecular weight excluding hydrogens is 334 g/mol. The first-order chi connectivity index (χ1) is 12.5. The van der Waals surface area contributed by atoms with Crippen LogP contribution in [0.3, 0.4) is 0 Å². The molecule has 1 fully saturated rings. The van der Waals surface area contributed by atoms with Gasteiger partial charge >= 0.3 is 5.97 Å². The molecule has 0 saturated carbocycles. The number of carboxylic acid groups (broad SMARTS) is 1. The average Bonchev–Trinajstić information content (AvgIpc) is 3.09. The summed E-state index contributed by atoms with van der Waals surface area (Å²) in [5.41, 5.74) is 1.49. The minimum Gasteiger partial charge on any atom is -0.507 e. The zero-order valence-corrected chi connectivity index (χ0v) is 14.5. The zero-order chi connectivity index (χ0) is 18.7. The molecule has 6 heteroatoms. The number of aromatic hydroxyl groups is 1. The number of hydrogen-bond acceptors (Lipinski definition) is 4. The summed E-state index contributed by atoms with van der Waals surface area (Å²) < 4.78 is 5.04. The maximum Gasteiger partial charge on any atom is 0.335 e. The molecule has 0 bridgehead atoms. The first-order valence-corrected chi connectivity index (χ1v) is 8.46. The van der Waals surface area contributed by atoms with Gasteiger partial charge in [-0.3, -0.25) is 4.79 Å². The lowest BCUT2D eigenvalue weighted by Gasteiger charge is -2.18. The normalized spacial score (nSPS) is 16.5. The molecule has 1 unspecified atom stereocenters. The van der Waals surface area contributed by atoms with Crippen molar-refractivity contribution < 1.29 is 24.5 Å². The van der Waals surface area contributed by atoms with Crippen LogP contribution >= 0.6 is 0 Å². The Balaban J connectivity index is 1.66. The van der Waals surface area contributed by atoms with E-state index in [1.54, 1.807) is 35.2 Å². The molecule has 1 saturated heterocycles. The Labute approximate surface area is 151 Å². The van der Waals surface area contributed by atoms with Gasteiger partial charge in [0.2, 0.25) is 0 Å². The smallest absolute Gasteiger partial charge is 0.335 e. The third kappa shape index (κ3) is 3.79. The number of nitrogens with zero attached hydrogens (tertiary/aromatic N) is 1. The first kappa shape index (κ1) is 17.8. The maximum absolute atomic E-state index is 12.7. The minimum absolute atomic E-state index is 0.0908. The van der Waals surface area contributed by atoms with Gasteiger partial charge in [-0.05, 0) is 48.6 Å². The molecule has 1 heterocycles. The molecule has 136 valence electrons. The summed E-state index contributed by atoms with van der Waals surface area (Å²) in [5, 5.41) is 19.1. The van der Waals surface area contributed by atoms with E-state index in [0.717, 1.165) is 18.4 Å². The van der Waals surface area contributed by atoms with Crippen molar-refractivity contribution in [3.63, 3.8) is 0 Å². The number of likely N-dealkylation sites (tertiary alicyclic amines) is 1. The van der Waals surface area contributed by atoms with E-state index >= 15 is 0 Å². The summed E-state index contributed by atoms with van der Waals surface area (Å²) in [4.78, 5) is 25.5. The van der Waals surface area contributed by atoms with Gasteiger partial charge in [0, 0.05) is 19.2 Å². The van der Waals surface area contributed by atoms with Crippen LogP contribution in [0.5, 0.6) is 11.5 Å². The van der Waals surface area contributed by atoms with Crippen LogP contribution in [0.2, 0.25) is 0 Å². The highest BCUT2D eigenvalue weighted by Gasteiger charge is 2.28. The monoisotopic (exact) mass is 355 g/mol. The van der Waals surface area contributed by atoms with Crippen molar-refractivity contribution in [2.24, 2.45) is 5.92 Å². The second-order valence-electron chi connectivity index (χ2n) is 6.50. The number of benzene rings is 2. The SMILES string of the molecule is COc1ccc(C(=O)N2CCC(Cc3cccc(C(=O)O)c3)C2)c(O)c1. The molecule has 2 aromatic rings. The van der Waals surface area contributed by atoms with E-state index < -0.39 is 5.97 Å². The van der Waals surface area contributed by atoms with Crippen LogP contribution in [0.1, 0.15) is 32.7 Å². The van der Waals surface area contributed by atoms with Crippen LogP contribution in [0.15, 0.2) is 42.5 Å². The summed E-state index contributed by atoms with van der Waals surface area (Å²) in [5.74, 6) is -0.469. The van der Waals surface area contributed by atoms with E-state index in [2.05, 4.69) is 0 Å². The Bertz CT molecular complexity index is 833. The lowest BCUT2D eigenvalue weighted by molar-refractivity contribution is 0.0696. The van der Waals surface area contributed by atoms with Gasteiger partial charge in [0.05, 0.1) is 18.2 Å². The highest BCUT2D eigenvalue weighted by molar-refractivity contribution is 5.97. The molecular formula is C20H21NO5. The minimum atomic E-state index is -0.940. The molecule has 1 aliphatic heterocycles. The second-order valence-corrected chi connectivity index (χ2v) is 6.50. The Morgan fingerprint density at radius 2 is 2.04 bits per heavy atom. The predicted octanol–water partition coefficient (Wildman–Crippen LogP) is 2.80. The van der Waals surface area contributed by atoms with Gasteiger partial charge in [0.1, 0.15) is 11.5 Å². The van der Waals surface area contributed by atoms with E-state index in [4.69, 9.17) is 9.84 Å². The summed E-state index contributed by atoms with van der Waals surface area (Å²) in [6.07, 6.45) is 1.57. The highest BCUT2D eigenvalue weighted by atomic mass is 16.5. The number of rotatable bonds is 5. The largest absolute Gasteiger partial charge is 0.507 e. The van der Waals surface area contributed by atoms with Crippen molar-refractivity contribution in [3.8, 4) is 11.5 Å². The number of carbonyl (C=O) groups excluding carboxylic acids is 1. The molecule has 2 aromatic carbocycles. The summed E-state index contributed by atoms with van der Waals surface area (Å²) >= 11 is 0. The van der Waals surface area contributed by atoms with Gasteiger partial charge in [-0.25, -0.2) is 4.79 Å². The van der Waals surface area contributed by atoms with E-state index in [0.29, 0.717) is 18.8 Å². The van der Waals surface area contributed by atoms with E-state index in [-0.39, 0.29) is 28.7 Å². The number of phenolic OH excluding ortho intramolecular Hbond substituents is 1. The molecule has 3 rings (SSSR count). The second kappa shape index (κ2) is 7.47. The van der Waals surface area contributed by atoms with Crippen LogP contribution in [0.4, 0.5) is 0 Å². The van der Waals surface area contributed by atoms with Gasteiger partial charge in [0.15, 0.2) is 0 Å². The Morgan fingerprint density at radius 1 is 1.23 bits per heavy atom. The van der Waals surface area contributed by atoms with Crippen LogP contribution < -0.4 is 4.74 Å². The van der Waals surface area contributed by atoms with Crippen molar-refractivity contribution in [2.75, 3.05) is 20.2 Å². The van der Waals surface area contributed by atoms with Crippen molar-refractivity contribution in [1.29, 1.82) is 0 Å². The van der Waals surface area contributed by atoms with Crippen LogP contribution in [0.25, 0.3) is 0 Å². The van der Waals surface area contributed by atoms with Gasteiger partial charge in [-0.2, -0.15) is 0 Å². The highest BCUT2D eigenvalue weighted by Crippen LogP contribution is 2.28. The molecule has 1 atom stereocenters. The standard InChI is InChI=1S/C20H21NO5/c1-26-16-5-6-17(18(22)11-16)19(23)21-8-7-14(12-21)9-13-3-2-4-15(10-13)20(24)25/h2-6,10-11,14,22H,7-9,12H2,1H3,(H,24,25). The summed E-state index contributed by atoms with van der Waals surface area (Å²) in [7, 11) is 1.50. The van der Waals surface area contributed by atoms with Gasteiger partial charge in [-0.15, -0.1) is 0 Å². The number of aromatic carboxylic acids is 1. The van der Waals surface area contributed by atoms with Crippen molar-refractivity contribution >= 4 is 11.9 Å². The molecule has 1 aliphatic rings. The topological polar surface area (TPSA) is 87.1 Å². The number of carboxylic acids is 1. The number of methoxy groups -OCH3 is 1.